The lowest BCUT2D eigenvalue weighted by molar-refractivity contribution is -0.131. The maximum atomic E-state index is 12.7. The molecule has 1 unspecified atom stereocenters. The monoisotopic (exact) mass is 349 g/mol. The third-order valence-electron chi connectivity index (χ3n) is 4.29. The fourth-order valence-electron chi connectivity index (χ4n) is 2.96. The molecule has 6 heteroatoms. The van der Waals surface area contributed by atoms with Gasteiger partial charge in [0.15, 0.2) is 0 Å². The molecule has 3 rings (SSSR count). The molecular weight excluding hydrogens is 330 g/mol. The molecule has 1 aliphatic heterocycles. The highest BCUT2D eigenvalue weighted by atomic mass is 35.5. The Kier molecular flexibility index (Phi) is 5.28. The average Bonchev–Trinajstić information content (AvgIpc) is 3.11. The first-order valence-corrected chi connectivity index (χ1v) is 9.09. The Bertz CT molecular complexity index is 654. The van der Waals surface area contributed by atoms with Gasteiger partial charge in [-0.15, -0.1) is 11.8 Å². The summed E-state index contributed by atoms with van der Waals surface area (Å²) in [6, 6.07) is 7.67. The molecule has 1 aliphatic rings. The number of carbonyl (C=O) groups is 1. The van der Waals surface area contributed by atoms with Gasteiger partial charge in [-0.3, -0.25) is 9.89 Å². The van der Waals surface area contributed by atoms with Crippen LogP contribution in [0.1, 0.15) is 31.2 Å². The van der Waals surface area contributed by atoms with Crippen LogP contribution in [0.2, 0.25) is 5.02 Å². The number of amides is 1. The van der Waals surface area contributed by atoms with Crippen LogP contribution in [0.5, 0.6) is 0 Å². The van der Waals surface area contributed by atoms with E-state index in [0.29, 0.717) is 10.9 Å². The van der Waals surface area contributed by atoms with Crippen molar-refractivity contribution in [1.82, 2.24) is 15.1 Å². The molecule has 1 atom stereocenters. The number of nitrogens with one attached hydrogen (secondary N) is 1. The highest BCUT2D eigenvalue weighted by molar-refractivity contribution is 8.00. The second-order valence-corrected chi connectivity index (χ2v) is 7.61. The molecule has 2 heterocycles. The highest BCUT2D eigenvalue weighted by Gasteiger charge is 2.27. The number of nitrogens with zero attached hydrogens (tertiary/aromatic N) is 2. The number of aromatic nitrogens is 2. The molecule has 23 heavy (non-hydrogen) atoms. The van der Waals surface area contributed by atoms with E-state index >= 15 is 0 Å². The van der Waals surface area contributed by atoms with Gasteiger partial charge in [-0.1, -0.05) is 23.7 Å². The number of piperidine rings is 1. The van der Waals surface area contributed by atoms with Crippen molar-refractivity contribution in [3.8, 4) is 0 Å². The first kappa shape index (κ1) is 16.4. The van der Waals surface area contributed by atoms with Crippen molar-refractivity contribution in [3.05, 3.63) is 47.2 Å². The molecule has 1 aromatic carbocycles. The van der Waals surface area contributed by atoms with Crippen LogP contribution < -0.4 is 0 Å². The minimum atomic E-state index is -0.125. The first-order valence-electron chi connectivity index (χ1n) is 7.84. The number of aromatic amines is 1. The van der Waals surface area contributed by atoms with E-state index in [-0.39, 0.29) is 11.2 Å². The number of H-pyrrole nitrogens is 1. The van der Waals surface area contributed by atoms with Crippen LogP contribution in [-0.2, 0) is 4.79 Å². The third kappa shape index (κ3) is 3.90. The second-order valence-electron chi connectivity index (χ2n) is 5.82. The van der Waals surface area contributed by atoms with E-state index in [1.165, 1.54) is 17.3 Å². The van der Waals surface area contributed by atoms with Crippen LogP contribution in [-0.4, -0.2) is 39.3 Å². The summed E-state index contributed by atoms with van der Waals surface area (Å²) < 4.78 is 0. The van der Waals surface area contributed by atoms with Crippen molar-refractivity contribution in [3.63, 3.8) is 0 Å². The smallest absolute Gasteiger partial charge is 0.235 e. The number of hydrogen-bond acceptors (Lipinski definition) is 3. The van der Waals surface area contributed by atoms with Gasteiger partial charge in [0.25, 0.3) is 0 Å². The molecule has 0 aliphatic carbocycles. The molecule has 122 valence electrons. The average molecular weight is 350 g/mol. The molecule has 1 amide bonds. The zero-order chi connectivity index (χ0) is 16.2. The van der Waals surface area contributed by atoms with Crippen molar-refractivity contribution < 1.29 is 4.79 Å². The molecule has 2 aromatic rings. The Balaban J connectivity index is 1.55. The summed E-state index contributed by atoms with van der Waals surface area (Å²) in [5.41, 5.74) is 1.25. The van der Waals surface area contributed by atoms with Crippen LogP contribution >= 0.6 is 23.4 Å². The predicted octanol–water partition coefficient (Wildman–Crippen LogP) is 3.95. The largest absolute Gasteiger partial charge is 0.342 e. The van der Waals surface area contributed by atoms with Crippen LogP contribution in [0, 0.1) is 0 Å². The quantitative estimate of drug-likeness (QED) is 0.850. The number of halogens is 1. The molecular formula is C17H20ClN3OS. The van der Waals surface area contributed by atoms with E-state index in [9.17, 15) is 4.79 Å². The molecule has 0 radical (unpaired) electrons. The fraction of sp³-hybridized carbons (Fsp3) is 0.412. The Morgan fingerprint density at radius 2 is 2.13 bits per heavy atom. The normalized spacial score (nSPS) is 17.2. The second kappa shape index (κ2) is 7.41. The molecule has 1 aromatic heterocycles. The zero-order valence-electron chi connectivity index (χ0n) is 13.0. The van der Waals surface area contributed by atoms with Crippen LogP contribution in [0.4, 0.5) is 0 Å². The zero-order valence-corrected chi connectivity index (χ0v) is 14.6. The molecule has 1 fully saturated rings. The van der Waals surface area contributed by atoms with Crippen molar-refractivity contribution in [2.24, 2.45) is 0 Å². The van der Waals surface area contributed by atoms with Crippen molar-refractivity contribution in [2.75, 3.05) is 13.1 Å². The molecule has 1 N–H and O–H groups in total. The first-order chi connectivity index (χ1) is 11.1. The number of hydrogen-bond donors (Lipinski definition) is 1. The summed E-state index contributed by atoms with van der Waals surface area (Å²) >= 11 is 7.71. The topological polar surface area (TPSA) is 49.0 Å². The lowest BCUT2D eigenvalue weighted by Gasteiger charge is -2.33. The molecule has 0 spiro atoms. The van der Waals surface area contributed by atoms with Gasteiger partial charge in [0.05, 0.1) is 16.5 Å². The lowest BCUT2D eigenvalue weighted by Crippen LogP contribution is -2.41. The summed E-state index contributed by atoms with van der Waals surface area (Å²) in [6.45, 7) is 3.57. The van der Waals surface area contributed by atoms with E-state index in [2.05, 4.69) is 10.2 Å². The minimum Gasteiger partial charge on any atom is -0.342 e. The number of rotatable bonds is 4. The maximum absolute atomic E-state index is 12.7. The van der Waals surface area contributed by atoms with Crippen LogP contribution in [0.3, 0.4) is 0 Å². The molecule has 0 saturated carbocycles. The van der Waals surface area contributed by atoms with Gasteiger partial charge in [-0.25, -0.2) is 0 Å². The van der Waals surface area contributed by atoms with E-state index in [1.54, 1.807) is 0 Å². The van der Waals surface area contributed by atoms with Crippen molar-refractivity contribution in [1.29, 1.82) is 0 Å². The Morgan fingerprint density at radius 1 is 1.39 bits per heavy atom. The van der Waals surface area contributed by atoms with Crippen LogP contribution in [0.15, 0.2) is 41.6 Å². The predicted molar refractivity (Wildman–Crippen MR) is 93.9 cm³/mol. The number of carbonyl (C=O) groups excluding carboxylic acids is 1. The summed E-state index contributed by atoms with van der Waals surface area (Å²) in [4.78, 5) is 15.6. The highest BCUT2D eigenvalue weighted by Crippen LogP contribution is 2.32. The van der Waals surface area contributed by atoms with Gasteiger partial charge in [-0.2, -0.15) is 5.10 Å². The van der Waals surface area contributed by atoms with Gasteiger partial charge in [-0.05, 0) is 43.4 Å². The van der Waals surface area contributed by atoms with Crippen LogP contribution in [0.25, 0.3) is 0 Å². The Hall–Kier alpha value is -1.46. The van der Waals surface area contributed by atoms with Crippen molar-refractivity contribution >= 4 is 29.3 Å². The SMILES string of the molecule is CC(Sc1ccccc1Cl)C(=O)N1CCC(c2cn[nH]c2)CC1. The Labute approximate surface area is 145 Å². The summed E-state index contributed by atoms with van der Waals surface area (Å²) in [7, 11) is 0. The summed E-state index contributed by atoms with van der Waals surface area (Å²) in [5.74, 6) is 0.699. The Morgan fingerprint density at radius 3 is 2.78 bits per heavy atom. The standard InChI is InChI=1S/C17H20ClN3OS/c1-12(23-16-5-3-2-4-15(16)18)17(22)21-8-6-13(7-9-21)14-10-19-20-11-14/h2-5,10-13H,6-9H2,1H3,(H,19,20). The van der Waals surface area contributed by atoms with Crippen molar-refractivity contribution in [2.45, 2.75) is 35.8 Å². The molecule has 1 saturated heterocycles. The number of thioether (sulfide) groups is 1. The van der Waals surface area contributed by atoms with Gasteiger partial charge in [0.1, 0.15) is 0 Å². The number of likely N-dealkylation sites (tertiary alicyclic amines) is 1. The van der Waals surface area contributed by atoms with Gasteiger partial charge < -0.3 is 4.90 Å². The summed E-state index contributed by atoms with van der Waals surface area (Å²) in [6.07, 6.45) is 5.83. The van der Waals surface area contributed by atoms with E-state index < -0.39 is 0 Å². The lowest BCUT2D eigenvalue weighted by atomic mass is 9.91. The maximum Gasteiger partial charge on any atom is 0.235 e. The molecule has 0 bridgehead atoms. The fourth-order valence-corrected chi connectivity index (χ4v) is 4.19. The summed E-state index contributed by atoms with van der Waals surface area (Å²) in [5, 5.41) is 7.46. The minimum absolute atomic E-state index is 0.125. The van der Waals surface area contributed by atoms with E-state index in [1.807, 2.05) is 48.5 Å². The van der Waals surface area contributed by atoms with E-state index in [4.69, 9.17) is 11.6 Å². The van der Waals surface area contributed by atoms with E-state index in [0.717, 1.165) is 30.8 Å². The van der Waals surface area contributed by atoms with Gasteiger partial charge in [0, 0.05) is 24.2 Å². The molecule has 4 nitrogen and oxygen atoms in total. The number of benzene rings is 1. The third-order valence-corrected chi connectivity index (χ3v) is 5.89. The van der Waals surface area contributed by atoms with Gasteiger partial charge in [0.2, 0.25) is 5.91 Å². The van der Waals surface area contributed by atoms with Gasteiger partial charge >= 0.3 is 0 Å².